The van der Waals surface area contributed by atoms with E-state index in [1.54, 1.807) is 22.7 Å². The van der Waals surface area contributed by atoms with Crippen molar-refractivity contribution >= 4 is 22.9 Å². The number of piperidine rings is 1. The van der Waals surface area contributed by atoms with Gasteiger partial charge in [-0.05, 0) is 50.8 Å². The molecule has 0 saturated carbocycles. The molecule has 1 saturated heterocycles. The number of carbonyl (C=O) groups is 2. The molecule has 0 N–H and O–H groups in total. The first-order valence-electron chi connectivity index (χ1n) is 10.8. The van der Waals surface area contributed by atoms with Crippen molar-refractivity contribution in [2.75, 3.05) is 19.7 Å². The fraction of sp³-hybridized carbons (Fsp3) is 0.417. The number of ether oxygens (including phenoxy) is 1. The van der Waals surface area contributed by atoms with E-state index in [9.17, 15) is 9.59 Å². The zero-order valence-corrected chi connectivity index (χ0v) is 18.3. The molecule has 2 aromatic heterocycles. The van der Waals surface area contributed by atoms with Crippen LogP contribution in [0.15, 0.2) is 36.5 Å². The average molecular weight is 421 g/mol. The fourth-order valence-corrected chi connectivity index (χ4v) is 4.33. The predicted molar refractivity (Wildman–Crippen MR) is 118 cm³/mol. The van der Waals surface area contributed by atoms with E-state index in [2.05, 4.69) is 35.2 Å². The lowest BCUT2D eigenvalue weighted by atomic mass is 9.98. The quantitative estimate of drug-likeness (QED) is 0.590. The molecule has 1 aliphatic heterocycles. The van der Waals surface area contributed by atoms with E-state index in [1.165, 1.54) is 5.56 Å². The predicted octanol–water partition coefficient (Wildman–Crippen LogP) is 3.52. The molecule has 1 aliphatic rings. The van der Waals surface area contributed by atoms with Crippen LogP contribution in [-0.4, -0.2) is 51.2 Å². The third kappa shape index (κ3) is 4.31. The molecule has 0 bridgehead atoms. The van der Waals surface area contributed by atoms with Gasteiger partial charge >= 0.3 is 5.97 Å². The van der Waals surface area contributed by atoms with Gasteiger partial charge in [0.1, 0.15) is 6.54 Å². The standard InChI is InChI=1S/C24H28N4O3/c1-4-31-24(30)19-9-6-12-27(14-19)21(29)15-28-23-22(17(3)26-28)20(10-11-25-23)18-8-5-7-16(2)13-18/h5,7-8,10-11,13,19H,4,6,9,12,14-15H2,1-3H3. The summed E-state index contributed by atoms with van der Waals surface area (Å²) in [4.78, 5) is 31.4. The summed E-state index contributed by atoms with van der Waals surface area (Å²) in [5, 5.41) is 5.59. The van der Waals surface area contributed by atoms with E-state index in [4.69, 9.17) is 4.74 Å². The van der Waals surface area contributed by atoms with Crippen LogP contribution < -0.4 is 0 Å². The number of rotatable bonds is 5. The Kier molecular flexibility index (Phi) is 6.02. The number of benzene rings is 1. The minimum atomic E-state index is -0.250. The molecule has 7 heteroatoms. The zero-order chi connectivity index (χ0) is 22.0. The van der Waals surface area contributed by atoms with Gasteiger partial charge in [-0.2, -0.15) is 5.10 Å². The summed E-state index contributed by atoms with van der Waals surface area (Å²) in [7, 11) is 0. The first-order chi connectivity index (χ1) is 15.0. The molecule has 0 aliphatic carbocycles. The van der Waals surface area contributed by atoms with Crippen molar-refractivity contribution in [3.63, 3.8) is 0 Å². The molecule has 1 amide bonds. The van der Waals surface area contributed by atoms with E-state index >= 15 is 0 Å². The highest BCUT2D eigenvalue weighted by Crippen LogP contribution is 2.30. The van der Waals surface area contributed by atoms with Crippen molar-refractivity contribution in [1.29, 1.82) is 0 Å². The van der Waals surface area contributed by atoms with Gasteiger partial charge in [-0.1, -0.05) is 29.8 Å². The summed E-state index contributed by atoms with van der Waals surface area (Å²) in [6.07, 6.45) is 3.32. The van der Waals surface area contributed by atoms with Crippen LogP contribution in [-0.2, 0) is 20.9 Å². The van der Waals surface area contributed by atoms with Crippen LogP contribution in [0.4, 0.5) is 0 Å². The maximum absolute atomic E-state index is 13.0. The summed E-state index contributed by atoms with van der Waals surface area (Å²) in [6.45, 7) is 7.32. The van der Waals surface area contributed by atoms with Crippen molar-refractivity contribution in [1.82, 2.24) is 19.7 Å². The van der Waals surface area contributed by atoms with E-state index in [0.717, 1.165) is 35.0 Å². The Morgan fingerprint density at radius 3 is 2.84 bits per heavy atom. The molecular weight excluding hydrogens is 392 g/mol. The summed E-state index contributed by atoms with van der Waals surface area (Å²) in [5.74, 6) is -0.522. The Balaban J connectivity index is 1.59. The summed E-state index contributed by atoms with van der Waals surface area (Å²) < 4.78 is 6.83. The molecule has 0 spiro atoms. The number of aryl methyl sites for hydroxylation is 2. The van der Waals surface area contributed by atoms with Crippen LogP contribution >= 0.6 is 0 Å². The minimum Gasteiger partial charge on any atom is -0.466 e. The number of hydrogen-bond donors (Lipinski definition) is 0. The summed E-state index contributed by atoms with van der Waals surface area (Å²) >= 11 is 0. The molecule has 1 fully saturated rings. The number of fused-ring (bicyclic) bond motifs is 1. The maximum Gasteiger partial charge on any atom is 0.310 e. The van der Waals surface area contributed by atoms with Crippen LogP contribution in [0, 0.1) is 19.8 Å². The minimum absolute atomic E-state index is 0.0545. The lowest BCUT2D eigenvalue weighted by Crippen LogP contribution is -2.44. The lowest BCUT2D eigenvalue weighted by Gasteiger charge is -2.31. The number of esters is 1. The van der Waals surface area contributed by atoms with Gasteiger partial charge in [0.2, 0.25) is 5.91 Å². The third-order valence-electron chi connectivity index (χ3n) is 5.82. The lowest BCUT2D eigenvalue weighted by molar-refractivity contribution is -0.151. The van der Waals surface area contributed by atoms with Crippen LogP contribution in [0.2, 0.25) is 0 Å². The van der Waals surface area contributed by atoms with Gasteiger partial charge < -0.3 is 9.64 Å². The van der Waals surface area contributed by atoms with Crippen molar-refractivity contribution in [2.24, 2.45) is 5.92 Å². The van der Waals surface area contributed by atoms with Gasteiger partial charge in [0.25, 0.3) is 0 Å². The molecule has 162 valence electrons. The van der Waals surface area contributed by atoms with Gasteiger partial charge in [-0.15, -0.1) is 0 Å². The number of pyridine rings is 1. The Morgan fingerprint density at radius 2 is 2.06 bits per heavy atom. The molecule has 1 atom stereocenters. The molecule has 3 heterocycles. The summed E-state index contributed by atoms with van der Waals surface area (Å²) in [5.41, 5.74) is 4.89. The Morgan fingerprint density at radius 1 is 1.23 bits per heavy atom. The van der Waals surface area contributed by atoms with Crippen LogP contribution in [0.25, 0.3) is 22.2 Å². The highest BCUT2D eigenvalue weighted by Gasteiger charge is 2.30. The second-order valence-electron chi connectivity index (χ2n) is 8.10. The van der Waals surface area contributed by atoms with E-state index in [-0.39, 0.29) is 24.3 Å². The Bertz CT molecular complexity index is 1120. The number of aromatic nitrogens is 3. The molecule has 1 aromatic carbocycles. The van der Waals surface area contributed by atoms with Crippen molar-refractivity contribution in [3.05, 3.63) is 47.8 Å². The molecule has 31 heavy (non-hydrogen) atoms. The number of amides is 1. The number of hydrogen-bond acceptors (Lipinski definition) is 5. The fourth-order valence-electron chi connectivity index (χ4n) is 4.33. The smallest absolute Gasteiger partial charge is 0.310 e. The molecule has 3 aromatic rings. The maximum atomic E-state index is 13.0. The third-order valence-corrected chi connectivity index (χ3v) is 5.82. The first kappa shape index (κ1) is 21.0. The van der Waals surface area contributed by atoms with Gasteiger partial charge in [0.15, 0.2) is 5.65 Å². The van der Waals surface area contributed by atoms with Crippen LogP contribution in [0.5, 0.6) is 0 Å². The first-order valence-corrected chi connectivity index (χ1v) is 10.8. The number of nitrogens with zero attached hydrogens (tertiary/aromatic N) is 4. The highest BCUT2D eigenvalue weighted by molar-refractivity contribution is 5.95. The largest absolute Gasteiger partial charge is 0.466 e. The highest BCUT2D eigenvalue weighted by atomic mass is 16.5. The van der Waals surface area contributed by atoms with Crippen molar-refractivity contribution in [3.8, 4) is 11.1 Å². The molecular formula is C24H28N4O3. The second-order valence-corrected chi connectivity index (χ2v) is 8.10. The molecule has 1 unspecified atom stereocenters. The number of carbonyl (C=O) groups excluding carboxylic acids is 2. The van der Waals surface area contributed by atoms with E-state index in [1.807, 2.05) is 19.1 Å². The zero-order valence-electron chi connectivity index (χ0n) is 18.3. The summed E-state index contributed by atoms with van der Waals surface area (Å²) in [6, 6.07) is 10.3. The van der Waals surface area contributed by atoms with E-state index < -0.39 is 0 Å². The van der Waals surface area contributed by atoms with Crippen molar-refractivity contribution in [2.45, 2.75) is 40.2 Å². The van der Waals surface area contributed by atoms with Gasteiger partial charge in [0, 0.05) is 24.7 Å². The Labute approximate surface area is 182 Å². The molecule has 4 rings (SSSR count). The normalized spacial score (nSPS) is 16.5. The van der Waals surface area contributed by atoms with Crippen LogP contribution in [0.3, 0.4) is 0 Å². The SMILES string of the molecule is CCOC(=O)C1CCCN(C(=O)Cn2nc(C)c3c(-c4cccc(C)c4)ccnc32)C1. The Hall–Kier alpha value is -3.22. The average Bonchev–Trinajstić information content (AvgIpc) is 3.09. The molecule has 0 radical (unpaired) electrons. The van der Waals surface area contributed by atoms with E-state index in [0.29, 0.717) is 25.3 Å². The number of likely N-dealkylation sites (tertiary alicyclic amines) is 1. The van der Waals surface area contributed by atoms with Gasteiger partial charge in [0.05, 0.1) is 18.2 Å². The topological polar surface area (TPSA) is 77.3 Å². The second kappa shape index (κ2) is 8.88. The molecule has 7 nitrogen and oxygen atoms in total. The van der Waals surface area contributed by atoms with Gasteiger partial charge in [-0.25, -0.2) is 9.67 Å². The monoisotopic (exact) mass is 420 g/mol. The van der Waals surface area contributed by atoms with Gasteiger partial charge in [-0.3, -0.25) is 9.59 Å². The van der Waals surface area contributed by atoms with Crippen LogP contribution in [0.1, 0.15) is 31.0 Å². The van der Waals surface area contributed by atoms with Crippen molar-refractivity contribution < 1.29 is 14.3 Å².